The molecule has 3 N–H and O–H groups in total. The van der Waals surface area contributed by atoms with E-state index >= 15 is 0 Å². The number of aliphatic carboxylic acids is 1. The van der Waals surface area contributed by atoms with Crippen molar-refractivity contribution in [2.24, 2.45) is 7.05 Å². The van der Waals surface area contributed by atoms with Gasteiger partial charge < -0.3 is 20.3 Å². The highest BCUT2D eigenvalue weighted by Crippen LogP contribution is 2.44. The summed E-state index contributed by atoms with van der Waals surface area (Å²) in [4.78, 5) is 46.1. The van der Waals surface area contributed by atoms with Gasteiger partial charge >= 0.3 is 5.97 Å². The lowest BCUT2D eigenvalue weighted by Crippen LogP contribution is -2.52. The number of amides is 2. The first kappa shape index (κ1) is 27.8. The smallest absolute Gasteiger partial charge is 0.328 e. The van der Waals surface area contributed by atoms with Gasteiger partial charge in [-0.25, -0.2) is 4.79 Å². The van der Waals surface area contributed by atoms with Gasteiger partial charge in [-0.1, -0.05) is 31.0 Å². The van der Waals surface area contributed by atoms with Crippen LogP contribution < -0.4 is 10.6 Å². The zero-order chi connectivity index (χ0) is 29.1. The first-order chi connectivity index (χ1) is 19.6. The molecule has 0 atom stereocenters. The molecule has 0 spiro atoms. The van der Waals surface area contributed by atoms with Crippen LogP contribution in [0.25, 0.3) is 28.4 Å². The van der Waals surface area contributed by atoms with E-state index in [1.807, 2.05) is 25.2 Å². The zero-order valence-corrected chi connectivity index (χ0v) is 23.3. The highest BCUT2D eigenvalue weighted by Gasteiger charge is 2.31. The monoisotopic (exact) mass is 551 g/mol. The quantitative estimate of drug-likeness (QED) is 0.247. The lowest BCUT2D eigenvalue weighted by molar-refractivity contribution is -0.131. The van der Waals surface area contributed by atoms with E-state index in [1.165, 1.54) is 24.5 Å². The number of carbonyl (C=O) groups is 3. The Balaban J connectivity index is 1.37. The summed E-state index contributed by atoms with van der Waals surface area (Å²) in [5, 5.41) is 15.6. The number of nitrogens with zero attached hydrogens (tertiary/aromatic N) is 3. The predicted molar refractivity (Wildman–Crippen MR) is 158 cm³/mol. The Morgan fingerprint density at radius 3 is 2.44 bits per heavy atom. The minimum absolute atomic E-state index is 0.356. The summed E-state index contributed by atoms with van der Waals surface area (Å²) in [5.74, 6) is -1.34. The van der Waals surface area contributed by atoms with Gasteiger partial charge in [0.05, 0.1) is 11.9 Å². The highest BCUT2D eigenvalue weighted by molar-refractivity contribution is 6.05. The standard InChI is InChI=1S/C32H33N5O4/c1-32(2,31(41)35-23-12-8-20(9-13-23)10-15-27(38)39)36-30(40)22-11-14-24-26(18-22)37(3)29(25-19-33-16-17-34-25)28(24)21-6-4-5-7-21/h8-19,21H,4-7H2,1-3H3,(H,35,41)(H,36,40)(H,38,39)/b15-10+. The Morgan fingerprint density at radius 1 is 1.05 bits per heavy atom. The molecule has 2 amide bonds. The second-order valence-corrected chi connectivity index (χ2v) is 11.0. The van der Waals surface area contributed by atoms with Crippen molar-refractivity contribution in [2.45, 2.75) is 51.0 Å². The maximum atomic E-state index is 13.4. The molecule has 0 unspecified atom stereocenters. The molecule has 4 aromatic rings. The Labute approximate surface area is 238 Å². The average Bonchev–Trinajstić information content (AvgIpc) is 3.59. The van der Waals surface area contributed by atoms with Crippen LogP contribution in [0, 0.1) is 0 Å². The summed E-state index contributed by atoms with van der Waals surface area (Å²) in [5.41, 5.74) is 4.50. The Morgan fingerprint density at radius 2 is 1.78 bits per heavy atom. The number of carboxylic acid groups (broad SMARTS) is 1. The van der Waals surface area contributed by atoms with Crippen LogP contribution in [0.5, 0.6) is 0 Å². The Bertz CT molecular complexity index is 1630. The fraction of sp³-hybridized carbons (Fsp3) is 0.281. The number of rotatable bonds is 8. The van der Waals surface area contributed by atoms with Crippen molar-refractivity contribution >= 4 is 40.4 Å². The van der Waals surface area contributed by atoms with Crippen LogP contribution in [0.3, 0.4) is 0 Å². The third-order valence-corrected chi connectivity index (χ3v) is 7.65. The molecule has 0 radical (unpaired) electrons. The van der Waals surface area contributed by atoms with E-state index in [0.717, 1.165) is 41.2 Å². The fourth-order valence-electron chi connectivity index (χ4n) is 5.51. The summed E-state index contributed by atoms with van der Waals surface area (Å²) in [6.45, 7) is 3.30. The number of carbonyl (C=O) groups excluding carboxylic acids is 2. The number of hydrogen-bond acceptors (Lipinski definition) is 5. The predicted octanol–water partition coefficient (Wildman–Crippen LogP) is 5.54. The van der Waals surface area contributed by atoms with Crippen molar-refractivity contribution in [3.63, 3.8) is 0 Å². The molecule has 1 aliphatic rings. The number of carboxylic acids is 1. The molecule has 1 aliphatic carbocycles. The molecule has 0 bridgehead atoms. The minimum Gasteiger partial charge on any atom is -0.478 e. The third-order valence-electron chi connectivity index (χ3n) is 7.65. The van der Waals surface area contributed by atoms with E-state index in [0.29, 0.717) is 22.7 Å². The molecule has 210 valence electrons. The molecule has 0 saturated heterocycles. The molecule has 9 nitrogen and oxygen atoms in total. The van der Waals surface area contributed by atoms with E-state index in [1.54, 1.807) is 56.7 Å². The topological polar surface area (TPSA) is 126 Å². The van der Waals surface area contributed by atoms with Gasteiger partial charge in [0.15, 0.2) is 0 Å². The number of anilines is 1. The maximum absolute atomic E-state index is 13.4. The highest BCUT2D eigenvalue weighted by atomic mass is 16.4. The second-order valence-electron chi connectivity index (χ2n) is 11.0. The van der Waals surface area contributed by atoms with Crippen molar-refractivity contribution < 1.29 is 19.5 Å². The lowest BCUT2D eigenvalue weighted by atomic mass is 9.93. The van der Waals surface area contributed by atoms with Gasteiger partial charge in [-0.2, -0.15) is 0 Å². The van der Waals surface area contributed by atoms with Gasteiger partial charge in [0.1, 0.15) is 11.2 Å². The van der Waals surface area contributed by atoms with Crippen LogP contribution in [0.4, 0.5) is 5.69 Å². The van der Waals surface area contributed by atoms with Crippen LogP contribution in [-0.2, 0) is 16.6 Å². The molecule has 9 heteroatoms. The molecule has 2 heterocycles. The van der Waals surface area contributed by atoms with Crippen molar-refractivity contribution in [1.29, 1.82) is 0 Å². The summed E-state index contributed by atoms with van der Waals surface area (Å²) in [6, 6.07) is 12.4. The third kappa shape index (κ3) is 5.89. The van der Waals surface area contributed by atoms with Gasteiger partial charge in [-0.15, -0.1) is 0 Å². The van der Waals surface area contributed by atoms with Gasteiger partial charge in [0.2, 0.25) is 5.91 Å². The SMILES string of the molecule is Cn1c(-c2cnccn2)c(C2CCCC2)c2ccc(C(=O)NC(C)(C)C(=O)Nc3ccc(/C=C/C(=O)O)cc3)cc21. The summed E-state index contributed by atoms with van der Waals surface area (Å²) >= 11 is 0. The lowest BCUT2D eigenvalue weighted by Gasteiger charge is -2.25. The van der Waals surface area contributed by atoms with E-state index in [-0.39, 0.29) is 11.8 Å². The van der Waals surface area contributed by atoms with Gasteiger partial charge in [-0.05, 0) is 74.1 Å². The molecule has 5 rings (SSSR count). The number of nitrogens with one attached hydrogen (secondary N) is 2. The minimum atomic E-state index is -1.21. The van der Waals surface area contributed by atoms with Crippen molar-refractivity contribution in [3.05, 3.63) is 83.8 Å². The van der Waals surface area contributed by atoms with E-state index in [4.69, 9.17) is 5.11 Å². The Hall–Kier alpha value is -4.79. The molecule has 41 heavy (non-hydrogen) atoms. The van der Waals surface area contributed by atoms with Crippen LogP contribution in [0.2, 0.25) is 0 Å². The molecule has 2 aromatic carbocycles. The molecular weight excluding hydrogens is 518 g/mol. The van der Waals surface area contributed by atoms with Crippen LogP contribution in [-0.4, -0.2) is 43.0 Å². The van der Waals surface area contributed by atoms with Crippen LogP contribution in [0.15, 0.2) is 67.1 Å². The van der Waals surface area contributed by atoms with Gasteiger partial charge in [0.25, 0.3) is 5.91 Å². The first-order valence-corrected chi connectivity index (χ1v) is 13.7. The maximum Gasteiger partial charge on any atom is 0.328 e. The van der Waals surface area contributed by atoms with Crippen molar-refractivity contribution in [2.75, 3.05) is 5.32 Å². The number of aromatic nitrogens is 3. The molecule has 0 aliphatic heterocycles. The zero-order valence-electron chi connectivity index (χ0n) is 23.3. The van der Waals surface area contributed by atoms with Gasteiger partial charge in [0, 0.05) is 47.7 Å². The molecule has 2 aromatic heterocycles. The molecule has 1 saturated carbocycles. The summed E-state index contributed by atoms with van der Waals surface area (Å²) in [6.07, 6.45) is 12.3. The normalized spacial score (nSPS) is 14.0. The van der Waals surface area contributed by atoms with E-state index in [9.17, 15) is 14.4 Å². The van der Waals surface area contributed by atoms with E-state index < -0.39 is 11.5 Å². The largest absolute Gasteiger partial charge is 0.478 e. The average molecular weight is 552 g/mol. The number of hydrogen-bond donors (Lipinski definition) is 3. The van der Waals surface area contributed by atoms with Crippen LogP contribution >= 0.6 is 0 Å². The fourth-order valence-corrected chi connectivity index (χ4v) is 5.51. The number of fused-ring (bicyclic) bond motifs is 1. The summed E-state index contributed by atoms with van der Waals surface area (Å²) < 4.78 is 2.09. The number of benzene rings is 2. The van der Waals surface area contributed by atoms with Crippen molar-refractivity contribution in [3.8, 4) is 11.4 Å². The van der Waals surface area contributed by atoms with Crippen LogP contribution in [0.1, 0.15) is 66.9 Å². The Kier molecular flexibility index (Phi) is 7.70. The van der Waals surface area contributed by atoms with Crippen molar-refractivity contribution in [1.82, 2.24) is 19.9 Å². The molecular formula is C32H33N5O4. The van der Waals surface area contributed by atoms with Gasteiger partial charge in [-0.3, -0.25) is 19.6 Å². The first-order valence-electron chi connectivity index (χ1n) is 13.7. The van der Waals surface area contributed by atoms with E-state index in [2.05, 4.69) is 25.2 Å². The summed E-state index contributed by atoms with van der Waals surface area (Å²) in [7, 11) is 1.99. The second kappa shape index (κ2) is 11.4. The number of aryl methyl sites for hydroxylation is 1. The molecule has 1 fully saturated rings.